The lowest BCUT2D eigenvalue weighted by Crippen LogP contribution is -2.57. The van der Waals surface area contributed by atoms with E-state index >= 15 is 0 Å². The summed E-state index contributed by atoms with van der Waals surface area (Å²) >= 11 is 3.55. The van der Waals surface area contributed by atoms with E-state index in [4.69, 9.17) is 4.74 Å². The summed E-state index contributed by atoms with van der Waals surface area (Å²) in [6, 6.07) is 8.16. The molecule has 0 unspecified atom stereocenters. The quantitative estimate of drug-likeness (QED) is 0.517. The number of pyridine rings is 2. The zero-order valence-corrected chi connectivity index (χ0v) is 19.6. The molecule has 162 valence electrons. The van der Waals surface area contributed by atoms with Crippen LogP contribution in [0.25, 0.3) is 16.6 Å². The SMILES string of the molecule is CCOC(=O)c1cn(-c2ccc(N3CC(N(C)C)C3)nc2)c2cc(Br)c(C)cc2c1=O. The van der Waals surface area contributed by atoms with Crippen LogP contribution in [-0.2, 0) is 4.74 Å². The molecule has 0 saturated carbocycles. The van der Waals surface area contributed by atoms with Gasteiger partial charge in [-0.15, -0.1) is 0 Å². The highest BCUT2D eigenvalue weighted by Gasteiger charge is 2.29. The normalized spacial score (nSPS) is 14.2. The van der Waals surface area contributed by atoms with Crippen LogP contribution in [0.4, 0.5) is 5.82 Å². The lowest BCUT2D eigenvalue weighted by molar-refractivity contribution is 0.0524. The van der Waals surface area contributed by atoms with Crippen LogP contribution in [0, 0.1) is 6.92 Å². The number of rotatable bonds is 5. The minimum Gasteiger partial charge on any atom is -0.462 e. The summed E-state index contributed by atoms with van der Waals surface area (Å²) in [5.74, 6) is 0.290. The van der Waals surface area contributed by atoms with E-state index in [2.05, 4.69) is 44.8 Å². The molecule has 31 heavy (non-hydrogen) atoms. The number of likely N-dealkylation sites (N-methyl/N-ethyl adjacent to an activating group) is 1. The Morgan fingerprint density at radius 1 is 1.29 bits per heavy atom. The average molecular weight is 485 g/mol. The maximum absolute atomic E-state index is 13.0. The minimum atomic E-state index is -0.622. The predicted octanol–water partition coefficient (Wildman–Crippen LogP) is 3.38. The van der Waals surface area contributed by atoms with Crippen LogP contribution in [0.2, 0.25) is 0 Å². The maximum Gasteiger partial charge on any atom is 0.343 e. The van der Waals surface area contributed by atoms with Crippen molar-refractivity contribution in [2.75, 3.05) is 38.7 Å². The van der Waals surface area contributed by atoms with Crippen molar-refractivity contribution >= 4 is 38.6 Å². The van der Waals surface area contributed by atoms with Crippen LogP contribution in [0.3, 0.4) is 0 Å². The molecule has 8 heteroatoms. The molecule has 0 aliphatic carbocycles. The highest BCUT2D eigenvalue weighted by Crippen LogP contribution is 2.26. The van der Waals surface area contributed by atoms with Crippen LogP contribution in [-0.4, -0.2) is 60.3 Å². The highest BCUT2D eigenvalue weighted by atomic mass is 79.9. The number of anilines is 1. The van der Waals surface area contributed by atoms with Gasteiger partial charge in [-0.25, -0.2) is 9.78 Å². The monoisotopic (exact) mass is 484 g/mol. The van der Waals surface area contributed by atoms with E-state index in [1.165, 1.54) is 0 Å². The van der Waals surface area contributed by atoms with Crippen molar-refractivity contribution in [2.45, 2.75) is 19.9 Å². The van der Waals surface area contributed by atoms with Gasteiger partial charge in [-0.1, -0.05) is 15.9 Å². The molecule has 2 aromatic heterocycles. The summed E-state index contributed by atoms with van der Waals surface area (Å²) in [6.45, 7) is 5.72. The lowest BCUT2D eigenvalue weighted by atomic mass is 10.1. The standard InChI is InChI=1S/C23H25BrN4O3/c1-5-31-23(30)18-13-28(20-9-19(24)14(2)8-17(20)22(18)29)15-6-7-21(25-10-15)27-11-16(12-27)26(3)4/h6-10,13,16H,5,11-12H2,1-4H3. The third-order valence-electron chi connectivity index (χ3n) is 5.71. The van der Waals surface area contributed by atoms with Gasteiger partial charge in [0, 0.05) is 35.2 Å². The number of carbonyl (C=O) groups is 1. The predicted molar refractivity (Wildman–Crippen MR) is 125 cm³/mol. The number of nitrogens with zero attached hydrogens (tertiary/aromatic N) is 4. The van der Waals surface area contributed by atoms with Gasteiger partial charge in [0.1, 0.15) is 11.4 Å². The van der Waals surface area contributed by atoms with Gasteiger partial charge in [0.25, 0.3) is 0 Å². The number of hydrogen-bond donors (Lipinski definition) is 0. The van der Waals surface area contributed by atoms with Crippen molar-refractivity contribution < 1.29 is 9.53 Å². The average Bonchev–Trinajstić information content (AvgIpc) is 2.69. The Morgan fingerprint density at radius 2 is 2.03 bits per heavy atom. The second kappa shape index (κ2) is 8.43. The Bertz CT molecular complexity index is 1200. The van der Waals surface area contributed by atoms with Gasteiger partial charge in [-0.3, -0.25) is 4.79 Å². The highest BCUT2D eigenvalue weighted by molar-refractivity contribution is 9.10. The van der Waals surface area contributed by atoms with Gasteiger partial charge >= 0.3 is 5.97 Å². The fraction of sp³-hybridized carbons (Fsp3) is 0.348. The van der Waals surface area contributed by atoms with Crippen molar-refractivity contribution in [1.29, 1.82) is 0 Å². The number of fused-ring (bicyclic) bond motifs is 1. The van der Waals surface area contributed by atoms with Crippen molar-refractivity contribution in [3.8, 4) is 5.69 Å². The van der Waals surface area contributed by atoms with E-state index in [9.17, 15) is 9.59 Å². The molecule has 4 rings (SSSR count). The van der Waals surface area contributed by atoms with E-state index in [0.29, 0.717) is 16.9 Å². The van der Waals surface area contributed by atoms with Gasteiger partial charge in [0.15, 0.2) is 0 Å². The molecule has 0 bridgehead atoms. The second-order valence-electron chi connectivity index (χ2n) is 7.98. The van der Waals surface area contributed by atoms with Crippen LogP contribution >= 0.6 is 15.9 Å². The third kappa shape index (κ3) is 3.97. The fourth-order valence-corrected chi connectivity index (χ4v) is 4.03. The second-order valence-corrected chi connectivity index (χ2v) is 8.83. The first-order valence-corrected chi connectivity index (χ1v) is 11.0. The third-order valence-corrected chi connectivity index (χ3v) is 6.56. The fourth-order valence-electron chi connectivity index (χ4n) is 3.70. The summed E-state index contributed by atoms with van der Waals surface area (Å²) in [6.07, 6.45) is 3.32. The molecule has 1 aliphatic rings. The number of aryl methyl sites for hydroxylation is 1. The van der Waals surface area contributed by atoms with Gasteiger partial charge in [0.2, 0.25) is 5.43 Å². The van der Waals surface area contributed by atoms with Crippen LogP contribution in [0.1, 0.15) is 22.8 Å². The summed E-state index contributed by atoms with van der Waals surface area (Å²) in [4.78, 5) is 34.5. The molecule has 3 heterocycles. The molecule has 3 aromatic rings. The van der Waals surface area contributed by atoms with Crippen LogP contribution in [0.15, 0.2) is 45.9 Å². The molecule has 1 aromatic carbocycles. The van der Waals surface area contributed by atoms with Gasteiger partial charge in [0.05, 0.1) is 24.0 Å². The number of aromatic nitrogens is 2. The first-order valence-electron chi connectivity index (χ1n) is 10.2. The van der Waals surface area contributed by atoms with E-state index in [1.807, 2.05) is 29.7 Å². The van der Waals surface area contributed by atoms with E-state index in [0.717, 1.165) is 34.6 Å². The van der Waals surface area contributed by atoms with Crippen LogP contribution in [0.5, 0.6) is 0 Å². The number of esters is 1. The van der Waals surface area contributed by atoms with Crippen molar-refractivity contribution in [3.63, 3.8) is 0 Å². The van der Waals surface area contributed by atoms with Gasteiger partial charge < -0.3 is 19.1 Å². The largest absolute Gasteiger partial charge is 0.462 e. The Balaban J connectivity index is 1.79. The zero-order valence-electron chi connectivity index (χ0n) is 18.1. The lowest BCUT2D eigenvalue weighted by Gasteiger charge is -2.43. The molecule has 1 fully saturated rings. The van der Waals surface area contributed by atoms with Gasteiger partial charge in [-0.2, -0.15) is 0 Å². The van der Waals surface area contributed by atoms with Gasteiger partial charge in [-0.05, 0) is 57.8 Å². The molecule has 0 radical (unpaired) electrons. The Labute approximate surface area is 189 Å². The number of hydrogen-bond acceptors (Lipinski definition) is 6. The maximum atomic E-state index is 13.0. The number of halogens is 1. The number of ether oxygens (including phenoxy) is 1. The molecule has 0 amide bonds. The first-order chi connectivity index (χ1) is 14.8. The van der Waals surface area contributed by atoms with Crippen molar-refractivity contribution in [1.82, 2.24) is 14.5 Å². The smallest absolute Gasteiger partial charge is 0.343 e. The molecule has 1 aliphatic heterocycles. The summed E-state index contributed by atoms with van der Waals surface area (Å²) < 4.78 is 7.82. The Morgan fingerprint density at radius 3 is 2.65 bits per heavy atom. The zero-order chi connectivity index (χ0) is 22.3. The molecule has 0 spiro atoms. The summed E-state index contributed by atoms with van der Waals surface area (Å²) in [5.41, 5.74) is 2.05. The number of benzene rings is 1. The topological polar surface area (TPSA) is 67.7 Å². The molecule has 0 N–H and O–H groups in total. The first kappa shape index (κ1) is 21.5. The summed E-state index contributed by atoms with van der Waals surface area (Å²) in [7, 11) is 4.17. The molecule has 1 saturated heterocycles. The number of carbonyl (C=O) groups excluding carboxylic acids is 1. The Kier molecular flexibility index (Phi) is 5.85. The molecular weight excluding hydrogens is 460 g/mol. The van der Waals surface area contributed by atoms with E-state index in [-0.39, 0.29) is 17.6 Å². The van der Waals surface area contributed by atoms with E-state index < -0.39 is 5.97 Å². The van der Waals surface area contributed by atoms with E-state index in [1.54, 1.807) is 25.4 Å². The minimum absolute atomic E-state index is 0.0108. The molecule has 7 nitrogen and oxygen atoms in total. The van der Waals surface area contributed by atoms with Crippen LogP contribution < -0.4 is 10.3 Å². The molecule has 0 atom stereocenters. The molecular formula is C23H25BrN4O3. The van der Waals surface area contributed by atoms with Crippen molar-refractivity contribution in [2.24, 2.45) is 0 Å². The Hall–Kier alpha value is -2.71. The van der Waals surface area contributed by atoms with Crippen molar-refractivity contribution in [3.05, 3.63) is 62.5 Å². The summed E-state index contributed by atoms with van der Waals surface area (Å²) in [5, 5.41) is 0.465.